The molecule has 0 saturated heterocycles. The van der Waals surface area contributed by atoms with Crippen molar-refractivity contribution in [2.45, 2.75) is 23.8 Å². The van der Waals surface area contributed by atoms with Crippen LogP contribution in [0.15, 0.2) is 52.0 Å². The van der Waals surface area contributed by atoms with Gasteiger partial charge in [-0.15, -0.1) is 10.2 Å². The van der Waals surface area contributed by atoms with Crippen LogP contribution in [0.5, 0.6) is 0 Å². The molecule has 2 aromatic heterocycles. The van der Waals surface area contributed by atoms with Crippen molar-refractivity contribution in [2.75, 3.05) is 5.32 Å². The summed E-state index contributed by atoms with van der Waals surface area (Å²) >= 11 is 2.76. The van der Waals surface area contributed by atoms with Crippen LogP contribution in [0.1, 0.15) is 21.5 Å². The average molecular weight is 342 g/mol. The molecule has 0 aliphatic carbocycles. The molecule has 0 spiro atoms. The number of aryl methyl sites for hydroxylation is 2. The maximum Gasteiger partial charge on any atom is 0.260 e. The van der Waals surface area contributed by atoms with Gasteiger partial charge in [0.25, 0.3) is 5.91 Å². The van der Waals surface area contributed by atoms with Crippen LogP contribution >= 0.6 is 23.1 Å². The molecule has 23 heavy (non-hydrogen) atoms. The Balaban J connectivity index is 1.87. The van der Waals surface area contributed by atoms with Crippen molar-refractivity contribution in [2.24, 2.45) is 0 Å². The average Bonchev–Trinajstić information content (AvgIpc) is 3.03. The van der Waals surface area contributed by atoms with Crippen LogP contribution in [0.3, 0.4) is 0 Å². The topological polar surface area (TPSA) is 67.8 Å². The summed E-state index contributed by atoms with van der Waals surface area (Å²) in [6.07, 6.45) is 1.69. The van der Waals surface area contributed by atoms with Gasteiger partial charge in [-0.2, -0.15) is 0 Å². The molecule has 3 rings (SSSR count). The second kappa shape index (κ2) is 6.89. The number of amides is 1. The maximum absolute atomic E-state index is 12.4. The van der Waals surface area contributed by atoms with E-state index in [1.54, 1.807) is 23.8 Å². The first-order chi connectivity index (χ1) is 11.1. The summed E-state index contributed by atoms with van der Waals surface area (Å²) in [5.41, 5.74) is 4.47. The number of carbonyl (C=O) groups is 1. The standard InChI is InChI=1S/C16H14N4OS2/c1-10-5-6-13(11(2)8-10)23-15-12(4-3-7-17-15)14(21)19-16-20-18-9-22-16/h3-9H,1-2H3,(H,19,20,21). The number of carbonyl (C=O) groups excluding carboxylic acids is 1. The summed E-state index contributed by atoms with van der Waals surface area (Å²) in [4.78, 5) is 17.9. The second-order valence-corrected chi connectivity index (χ2v) is 6.79. The van der Waals surface area contributed by atoms with Crippen molar-refractivity contribution in [3.63, 3.8) is 0 Å². The van der Waals surface area contributed by atoms with E-state index in [-0.39, 0.29) is 5.91 Å². The zero-order valence-electron chi connectivity index (χ0n) is 12.6. The van der Waals surface area contributed by atoms with Crippen LogP contribution in [-0.2, 0) is 0 Å². The first-order valence-electron chi connectivity index (χ1n) is 6.91. The Bertz CT molecular complexity index is 834. The Labute approximate surface area is 142 Å². The minimum Gasteiger partial charge on any atom is -0.296 e. The van der Waals surface area contributed by atoms with Gasteiger partial charge < -0.3 is 0 Å². The number of nitrogens with zero attached hydrogens (tertiary/aromatic N) is 3. The third-order valence-electron chi connectivity index (χ3n) is 3.13. The van der Waals surface area contributed by atoms with Crippen LogP contribution < -0.4 is 5.32 Å². The van der Waals surface area contributed by atoms with Gasteiger partial charge in [-0.1, -0.05) is 40.8 Å². The summed E-state index contributed by atoms with van der Waals surface area (Å²) in [6, 6.07) is 9.73. The van der Waals surface area contributed by atoms with E-state index in [1.165, 1.54) is 28.7 Å². The van der Waals surface area contributed by atoms with E-state index < -0.39 is 0 Å². The Morgan fingerprint density at radius 3 is 2.87 bits per heavy atom. The quantitative estimate of drug-likeness (QED) is 0.777. The molecule has 5 nitrogen and oxygen atoms in total. The van der Waals surface area contributed by atoms with Crippen molar-refractivity contribution < 1.29 is 4.79 Å². The van der Waals surface area contributed by atoms with E-state index in [9.17, 15) is 4.79 Å². The molecule has 0 saturated carbocycles. The van der Waals surface area contributed by atoms with E-state index in [2.05, 4.69) is 52.5 Å². The lowest BCUT2D eigenvalue weighted by Crippen LogP contribution is -2.13. The van der Waals surface area contributed by atoms with E-state index in [4.69, 9.17) is 0 Å². The van der Waals surface area contributed by atoms with Gasteiger partial charge in [-0.3, -0.25) is 10.1 Å². The number of rotatable bonds is 4. The fourth-order valence-corrected chi connectivity index (χ4v) is 3.44. The molecule has 7 heteroatoms. The monoisotopic (exact) mass is 342 g/mol. The van der Waals surface area contributed by atoms with Gasteiger partial charge in [-0.05, 0) is 37.6 Å². The minimum absolute atomic E-state index is 0.234. The number of pyridine rings is 1. The normalized spacial score (nSPS) is 10.5. The van der Waals surface area contributed by atoms with Gasteiger partial charge >= 0.3 is 0 Å². The molecule has 0 bridgehead atoms. The molecule has 2 heterocycles. The molecule has 1 N–H and O–H groups in total. The number of nitrogens with one attached hydrogen (secondary N) is 1. The maximum atomic E-state index is 12.4. The van der Waals surface area contributed by atoms with Crippen molar-refractivity contribution in [3.8, 4) is 0 Å². The predicted molar refractivity (Wildman–Crippen MR) is 92.1 cm³/mol. The van der Waals surface area contributed by atoms with Crippen molar-refractivity contribution in [3.05, 3.63) is 58.7 Å². The summed E-state index contributed by atoms with van der Waals surface area (Å²) in [6.45, 7) is 4.11. The molecule has 0 radical (unpaired) electrons. The zero-order chi connectivity index (χ0) is 16.2. The van der Waals surface area contributed by atoms with Crippen LogP contribution in [-0.4, -0.2) is 21.1 Å². The first kappa shape index (κ1) is 15.6. The molecule has 116 valence electrons. The molecule has 0 atom stereocenters. The van der Waals surface area contributed by atoms with Crippen molar-refractivity contribution in [1.29, 1.82) is 0 Å². The fraction of sp³-hybridized carbons (Fsp3) is 0.125. The molecular formula is C16H14N4OS2. The van der Waals surface area contributed by atoms with Crippen molar-refractivity contribution >= 4 is 34.1 Å². The second-order valence-electron chi connectivity index (χ2n) is 4.93. The smallest absolute Gasteiger partial charge is 0.260 e. The van der Waals surface area contributed by atoms with E-state index in [0.717, 1.165) is 10.5 Å². The van der Waals surface area contributed by atoms with Crippen molar-refractivity contribution in [1.82, 2.24) is 15.2 Å². The molecule has 0 aliphatic heterocycles. The lowest BCUT2D eigenvalue weighted by atomic mass is 10.2. The number of hydrogen-bond donors (Lipinski definition) is 1. The van der Waals surface area contributed by atoms with Crippen LogP contribution in [0.4, 0.5) is 5.13 Å². The van der Waals surface area contributed by atoms with Gasteiger partial charge in [-0.25, -0.2) is 4.98 Å². The van der Waals surface area contributed by atoms with Gasteiger partial charge in [0.05, 0.1) is 5.56 Å². The third-order valence-corrected chi connectivity index (χ3v) is 4.94. The van der Waals surface area contributed by atoms with E-state index >= 15 is 0 Å². The molecule has 0 fully saturated rings. The van der Waals surface area contributed by atoms with Gasteiger partial charge in [0.1, 0.15) is 10.5 Å². The van der Waals surface area contributed by atoms with E-state index in [0.29, 0.717) is 15.7 Å². The van der Waals surface area contributed by atoms with Crippen LogP contribution in [0.2, 0.25) is 0 Å². The molecule has 1 amide bonds. The van der Waals surface area contributed by atoms with Gasteiger partial charge in [0.2, 0.25) is 5.13 Å². The van der Waals surface area contributed by atoms with Gasteiger partial charge in [0.15, 0.2) is 0 Å². The summed E-state index contributed by atoms with van der Waals surface area (Å²) in [7, 11) is 0. The molecule has 3 aromatic rings. The Morgan fingerprint density at radius 1 is 1.26 bits per heavy atom. The number of anilines is 1. The minimum atomic E-state index is -0.234. The number of hydrogen-bond acceptors (Lipinski definition) is 6. The van der Waals surface area contributed by atoms with Gasteiger partial charge in [0, 0.05) is 11.1 Å². The predicted octanol–water partition coefficient (Wildman–Crippen LogP) is 3.95. The van der Waals surface area contributed by atoms with Crippen LogP contribution in [0, 0.1) is 13.8 Å². The highest BCUT2D eigenvalue weighted by atomic mass is 32.2. The highest BCUT2D eigenvalue weighted by Gasteiger charge is 2.15. The Kier molecular flexibility index (Phi) is 4.68. The Morgan fingerprint density at radius 2 is 2.13 bits per heavy atom. The number of aromatic nitrogens is 3. The third kappa shape index (κ3) is 3.75. The van der Waals surface area contributed by atoms with Crippen LogP contribution in [0.25, 0.3) is 0 Å². The lowest BCUT2D eigenvalue weighted by Gasteiger charge is -2.09. The fourth-order valence-electron chi connectivity index (χ4n) is 2.05. The number of benzene rings is 1. The summed E-state index contributed by atoms with van der Waals surface area (Å²) in [5, 5.41) is 11.4. The lowest BCUT2D eigenvalue weighted by molar-refractivity contribution is 0.102. The molecular weight excluding hydrogens is 328 g/mol. The highest BCUT2D eigenvalue weighted by molar-refractivity contribution is 7.99. The molecule has 0 aliphatic rings. The largest absolute Gasteiger partial charge is 0.296 e. The first-order valence-corrected chi connectivity index (χ1v) is 8.61. The summed E-state index contributed by atoms with van der Waals surface area (Å²) in [5.74, 6) is -0.234. The molecule has 0 unspecified atom stereocenters. The Hall–Kier alpha value is -2.25. The molecule has 1 aromatic carbocycles. The summed E-state index contributed by atoms with van der Waals surface area (Å²) < 4.78 is 0. The SMILES string of the molecule is Cc1ccc(Sc2ncccc2C(=O)Nc2nncs2)c(C)c1. The van der Waals surface area contributed by atoms with E-state index in [1.807, 2.05) is 0 Å². The highest BCUT2D eigenvalue weighted by Crippen LogP contribution is 2.31. The zero-order valence-corrected chi connectivity index (χ0v) is 14.2.